The molecule has 1 nitrogen and oxygen atoms in total. The number of hydrogen-bond donors (Lipinski definition) is 0. The molecule has 1 fully saturated rings. The molecule has 0 heterocycles. The van der Waals surface area contributed by atoms with Gasteiger partial charge in [-0.3, -0.25) is 4.79 Å². The van der Waals surface area contributed by atoms with Crippen molar-refractivity contribution in [1.82, 2.24) is 0 Å². The summed E-state index contributed by atoms with van der Waals surface area (Å²) in [6.45, 7) is 2.18. The molecular weight excluding hydrogens is 172 g/mol. The molecule has 0 aromatic rings. The fraction of sp³-hybridized carbons (Fsp3) is 0.615. The van der Waals surface area contributed by atoms with Crippen LogP contribution >= 0.6 is 0 Å². The monoisotopic (exact) mass is 188 g/mol. The molecule has 1 spiro atoms. The van der Waals surface area contributed by atoms with Gasteiger partial charge in [-0.2, -0.15) is 0 Å². The molecule has 3 rings (SSSR count). The molecule has 2 atom stereocenters. The SMILES string of the molecule is CC1=CC2=CC(=O)C3CCCC23CC1. The summed E-state index contributed by atoms with van der Waals surface area (Å²) in [5, 5.41) is 0. The number of carbonyl (C=O) groups excluding carboxylic acids is 1. The van der Waals surface area contributed by atoms with Crippen LogP contribution in [0.1, 0.15) is 39.0 Å². The third-order valence-electron chi connectivity index (χ3n) is 4.37. The highest BCUT2D eigenvalue weighted by atomic mass is 16.1. The molecule has 0 aromatic carbocycles. The maximum atomic E-state index is 11.8. The third-order valence-corrected chi connectivity index (χ3v) is 4.37. The van der Waals surface area contributed by atoms with E-state index >= 15 is 0 Å². The molecule has 2 unspecified atom stereocenters. The topological polar surface area (TPSA) is 17.1 Å². The Bertz CT molecular complexity index is 361. The molecule has 0 amide bonds. The molecule has 14 heavy (non-hydrogen) atoms. The second-order valence-electron chi connectivity index (χ2n) is 5.09. The van der Waals surface area contributed by atoms with Crippen LogP contribution in [-0.2, 0) is 4.79 Å². The van der Waals surface area contributed by atoms with E-state index in [-0.39, 0.29) is 5.41 Å². The van der Waals surface area contributed by atoms with Crippen LogP contribution in [0, 0.1) is 11.3 Å². The lowest BCUT2D eigenvalue weighted by Crippen LogP contribution is -2.28. The summed E-state index contributed by atoms with van der Waals surface area (Å²) in [4.78, 5) is 11.8. The van der Waals surface area contributed by atoms with Crippen LogP contribution in [0.25, 0.3) is 0 Å². The minimum absolute atomic E-state index is 0.288. The van der Waals surface area contributed by atoms with Crippen molar-refractivity contribution in [3.05, 3.63) is 23.3 Å². The molecule has 1 heteroatoms. The van der Waals surface area contributed by atoms with E-state index in [0.29, 0.717) is 11.7 Å². The third kappa shape index (κ3) is 0.879. The summed E-state index contributed by atoms with van der Waals surface area (Å²) < 4.78 is 0. The van der Waals surface area contributed by atoms with E-state index < -0.39 is 0 Å². The van der Waals surface area contributed by atoms with Crippen molar-refractivity contribution in [1.29, 1.82) is 0 Å². The van der Waals surface area contributed by atoms with Crippen LogP contribution in [0.2, 0.25) is 0 Å². The summed E-state index contributed by atoms with van der Waals surface area (Å²) in [7, 11) is 0. The van der Waals surface area contributed by atoms with Crippen LogP contribution in [-0.4, -0.2) is 5.78 Å². The van der Waals surface area contributed by atoms with Gasteiger partial charge in [0.15, 0.2) is 5.78 Å². The van der Waals surface area contributed by atoms with Gasteiger partial charge in [-0.15, -0.1) is 0 Å². The zero-order valence-corrected chi connectivity index (χ0v) is 8.68. The Morgan fingerprint density at radius 2 is 2.21 bits per heavy atom. The maximum Gasteiger partial charge on any atom is 0.159 e. The molecule has 0 aliphatic heterocycles. The molecule has 0 N–H and O–H groups in total. The van der Waals surface area contributed by atoms with Crippen molar-refractivity contribution in [2.45, 2.75) is 39.0 Å². The van der Waals surface area contributed by atoms with Crippen molar-refractivity contribution in [3.8, 4) is 0 Å². The van der Waals surface area contributed by atoms with Gasteiger partial charge in [0.05, 0.1) is 0 Å². The van der Waals surface area contributed by atoms with Gasteiger partial charge in [-0.1, -0.05) is 18.1 Å². The van der Waals surface area contributed by atoms with Crippen LogP contribution < -0.4 is 0 Å². The molecule has 3 aliphatic carbocycles. The van der Waals surface area contributed by atoms with E-state index in [1.54, 1.807) is 0 Å². The highest BCUT2D eigenvalue weighted by molar-refractivity contribution is 5.97. The first-order valence-corrected chi connectivity index (χ1v) is 5.66. The smallest absolute Gasteiger partial charge is 0.159 e. The van der Waals surface area contributed by atoms with E-state index in [2.05, 4.69) is 13.0 Å². The summed E-state index contributed by atoms with van der Waals surface area (Å²) in [6, 6.07) is 0. The molecular formula is C13H16O. The van der Waals surface area contributed by atoms with E-state index in [4.69, 9.17) is 0 Å². The van der Waals surface area contributed by atoms with E-state index in [1.165, 1.54) is 36.8 Å². The molecule has 3 aliphatic rings. The van der Waals surface area contributed by atoms with E-state index in [0.717, 1.165) is 6.42 Å². The van der Waals surface area contributed by atoms with Crippen molar-refractivity contribution in [3.63, 3.8) is 0 Å². The summed E-state index contributed by atoms with van der Waals surface area (Å²) in [6.07, 6.45) is 10.2. The van der Waals surface area contributed by atoms with Crippen molar-refractivity contribution in [2.75, 3.05) is 0 Å². The van der Waals surface area contributed by atoms with Crippen LogP contribution in [0.3, 0.4) is 0 Å². The zero-order chi connectivity index (χ0) is 9.76. The quantitative estimate of drug-likeness (QED) is 0.571. The molecule has 0 radical (unpaired) electrons. The minimum Gasteiger partial charge on any atom is -0.295 e. The van der Waals surface area contributed by atoms with Gasteiger partial charge in [0.2, 0.25) is 0 Å². The molecule has 0 saturated heterocycles. The van der Waals surface area contributed by atoms with Gasteiger partial charge < -0.3 is 0 Å². The van der Waals surface area contributed by atoms with Gasteiger partial charge in [0.25, 0.3) is 0 Å². The number of ketones is 1. The molecule has 1 saturated carbocycles. The minimum atomic E-state index is 0.288. The van der Waals surface area contributed by atoms with E-state index in [1.807, 2.05) is 6.08 Å². The number of rotatable bonds is 0. The summed E-state index contributed by atoms with van der Waals surface area (Å²) in [5.41, 5.74) is 3.09. The first kappa shape index (κ1) is 8.46. The lowest BCUT2D eigenvalue weighted by molar-refractivity contribution is -0.119. The Morgan fingerprint density at radius 3 is 3.07 bits per heavy atom. The zero-order valence-electron chi connectivity index (χ0n) is 8.68. The molecule has 0 aromatic heterocycles. The lowest BCUT2D eigenvalue weighted by atomic mass is 9.68. The first-order valence-electron chi connectivity index (χ1n) is 5.66. The lowest BCUT2D eigenvalue weighted by Gasteiger charge is -2.34. The van der Waals surface area contributed by atoms with Gasteiger partial charge >= 0.3 is 0 Å². The van der Waals surface area contributed by atoms with Crippen LogP contribution in [0.4, 0.5) is 0 Å². The van der Waals surface area contributed by atoms with Gasteiger partial charge in [-0.25, -0.2) is 0 Å². The molecule has 74 valence electrons. The largest absolute Gasteiger partial charge is 0.295 e. The Labute approximate surface area is 84.9 Å². The van der Waals surface area contributed by atoms with Crippen LogP contribution in [0.5, 0.6) is 0 Å². The maximum absolute atomic E-state index is 11.8. The second kappa shape index (κ2) is 2.59. The van der Waals surface area contributed by atoms with Crippen molar-refractivity contribution >= 4 is 5.78 Å². The predicted octanol–water partition coefficient (Wildman–Crippen LogP) is 3.02. The fourth-order valence-electron chi connectivity index (χ4n) is 3.62. The van der Waals surface area contributed by atoms with Gasteiger partial charge in [0, 0.05) is 11.3 Å². The van der Waals surface area contributed by atoms with E-state index in [9.17, 15) is 4.79 Å². The van der Waals surface area contributed by atoms with Gasteiger partial charge in [0.1, 0.15) is 0 Å². The standard InChI is InChI=1S/C13H16O/c1-9-4-6-13-5-2-3-11(13)12(14)8-10(13)7-9/h7-8,11H,2-6H2,1H3. The number of allylic oxidation sites excluding steroid dienone is 4. The fourth-order valence-corrected chi connectivity index (χ4v) is 3.62. The highest BCUT2D eigenvalue weighted by Crippen LogP contribution is 2.58. The Hall–Kier alpha value is -0.850. The average Bonchev–Trinajstić information content (AvgIpc) is 2.65. The first-order chi connectivity index (χ1) is 6.72. The highest BCUT2D eigenvalue weighted by Gasteiger charge is 2.52. The Balaban J connectivity index is 2.11. The Kier molecular flexibility index (Phi) is 1.56. The van der Waals surface area contributed by atoms with Crippen LogP contribution in [0.15, 0.2) is 23.3 Å². The predicted molar refractivity (Wildman–Crippen MR) is 55.9 cm³/mol. The molecule has 0 bridgehead atoms. The normalized spacial score (nSPS) is 40.4. The number of carbonyl (C=O) groups is 1. The van der Waals surface area contributed by atoms with Crippen molar-refractivity contribution < 1.29 is 4.79 Å². The Morgan fingerprint density at radius 1 is 1.36 bits per heavy atom. The van der Waals surface area contributed by atoms with Gasteiger partial charge in [-0.05, 0) is 44.3 Å². The van der Waals surface area contributed by atoms with Crippen molar-refractivity contribution in [2.24, 2.45) is 11.3 Å². The summed E-state index contributed by atoms with van der Waals surface area (Å²) in [5.74, 6) is 0.755. The number of hydrogen-bond acceptors (Lipinski definition) is 1. The summed E-state index contributed by atoms with van der Waals surface area (Å²) >= 11 is 0. The second-order valence-corrected chi connectivity index (χ2v) is 5.09. The average molecular weight is 188 g/mol.